The number of aliphatic carboxylic acids is 1. The van der Waals surface area contributed by atoms with Crippen molar-refractivity contribution in [2.75, 3.05) is 5.75 Å². The molecule has 1 saturated heterocycles. The molecule has 3 atom stereocenters. The number of thioether (sulfide) groups is 1. The Morgan fingerprint density at radius 1 is 1.40 bits per heavy atom. The van der Waals surface area contributed by atoms with Gasteiger partial charge in [0.25, 0.3) is 0 Å². The fraction of sp³-hybridized carbons (Fsp3) is 0.800. The van der Waals surface area contributed by atoms with Crippen LogP contribution in [-0.4, -0.2) is 28.0 Å². The van der Waals surface area contributed by atoms with Gasteiger partial charge in [0, 0.05) is 5.25 Å². The predicted octanol–water partition coefficient (Wildman–Crippen LogP) is 0.848. The molecule has 0 aromatic rings. The summed E-state index contributed by atoms with van der Waals surface area (Å²) >= 11 is 1.79. The third-order valence-electron chi connectivity index (χ3n) is 3.72. The highest BCUT2D eigenvalue weighted by Gasteiger charge is 2.56. The molecule has 15 heavy (non-hydrogen) atoms. The second-order valence-corrected chi connectivity index (χ2v) is 5.68. The van der Waals surface area contributed by atoms with Crippen molar-refractivity contribution in [2.45, 2.75) is 30.9 Å². The van der Waals surface area contributed by atoms with Gasteiger partial charge in [0.2, 0.25) is 5.91 Å². The number of carboxylic acid groups (broad SMARTS) is 1. The first-order valence-corrected chi connectivity index (χ1v) is 6.29. The summed E-state index contributed by atoms with van der Waals surface area (Å²) in [5.41, 5.74) is 4.04. The Hall–Kier alpha value is -0.710. The zero-order valence-electron chi connectivity index (χ0n) is 8.44. The second-order valence-electron chi connectivity index (χ2n) is 4.34. The lowest BCUT2D eigenvalue weighted by Gasteiger charge is -2.39. The first-order chi connectivity index (χ1) is 7.09. The van der Waals surface area contributed by atoms with E-state index in [4.69, 9.17) is 5.73 Å². The van der Waals surface area contributed by atoms with E-state index in [2.05, 4.69) is 0 Å². The van der Waals surface area contributed by atoms with Crippen molar-refractivity contribution in [3.05, 3.63) is 0 Å². The van der Waals surface area contributed by atoms with E-state index in [9.17, 15) is 14.7 Å². The average Bonchev–Trinajstić information content (AvgIpc) is 2.63. The number of carbonyl (C=O) groups is 2. The van der Waals surface area contributed by atoms with Gasteiger partial charge in [0.1, 0.15) is 5.41 Å². The number of carboxylic acids is 1. The van der Waals surface area contributed by atoms with Crippen LogP contribution in [0.25, 0.3) is 0 Å². The zero-order valence-corrected chi connectivity index (χ0v) is 9.26. The highest BCUT2D eigenvalue weighted by atomic mass is 32.2. The maximum Gasteiger partial charge on any atom is 0.319 e. The van der Waals surface area contributed by atoms with E-state index in [0.717, 1.165) is 25.0 Å². The third kappa shape index (κ3) is 1.44. The molecule has 1 aliphatic carbocycles. The first-order valence-electron chi connectivity index (χ1n) is 5.24. The number of hydrogen-bond acceptors (Lipinski definition) is 3. The van der Waals surface area contributed by atoms with Gasteiger partial charge >= 0.3 is 5.97 Å². The molecule has 0 radical (unpaired) electrons. The number of fused-ring (bicyclic) bond motifs is 1. The van der Waals surface area contributed by atoms with Crippen molar-refractivity contribution in [3.63, 3.8) is 0 Å². The van der Waals surface area contributed by atoms with Crippen LogP contribution in [0, 0.1) is 11.3 Å². The maximum absolute atomic E-state index is 11.5. The number of rotatable bonds is 2. The normalized spacial score (nSPS) is 39.7. The fourth-order valence-corrected chi connectivity index (χ4v) is 4.57. The molecule has 5 heteroatoms. The fourth-order valence-electron chi connectivity index (χ4n) is 2.94. The van der Waals surface area contributed by atoms with Gasteiger partial charge in [-0.15, -0.1) is 0 Å². The Morgan fingerprint density at radius 2 is 2.13 bits per heavy atom. The van der Waals surface area contributed by atoms with Crippen molar-refractivity contribution in [3.8, 4) is 0 Å². The van der Waals surface area contributed by atoms with Crippen LogP contribution in [0.3, 0.4) is 0 Å². The molecule has 3 unspecified atom stereocenters. The van der Waals surface area contributed by atoms with E-state index in [0.29, 0.717) is 11.7 Å². The Bertz CT molecular complexity index is 291. The number of amides is 1. The maximum atomic E-state index is 11.5. The minimum atomic E-state index is -1.29. The molecule has 3 N–H and O–H groups in total. The number of carbonyl (C=O) groups excluding carboxylic acids is 1. The summed E-state index contributed by atoms with van der Waals surface area (Å²) in [7, 11) is 0. The molecule has 1 saturated carbocycles. The quantitative estimate of drug-likeness (QED) is 0.688. The summed E-state index contributed by atoms with van der Waals surface area (Å²) in [6, 6.07) is 0. The molecule has 1 amide bonds. The van der Waals surface area contributed by atoms with Crippen molar-refractivity contribution in [1.82, 2.24) is 0 Å². The molecule has 0 aromatic heterocycles. The van der Waals surface area contributed by atoms with Gasteiger partial charge < -0.3 is 10.8 Å². The monoisotopic (exact) mass is 229 g/mol. The van der Waals surface area contributed by atoms with Gasteiger partial charge in [-0.2, -0.15) is 11.8 Å². The third-order valence-corrected chi connectivity index (χ3v) is 5.19. The van der Waals surface area contributed by atoms with Crippen LogP contribution in [0.4, 0.5) is 0 Å². The molecule has 1 heterocycles. The Labute approximate surface area is 92.6 Å². The van der Waals surface area contributed by atoms with E-state index in [1.54, 1.807) is 11.8 Å². The van der Waals surface area contributed by atoms with E-state index in [1.165, 1.54) is 0 Å². The first kappa shape index (κ1) is 10.8. The van der Waals surface area contributed by atoms with Gasteiger partial charge in [0.05, 0.1) is 0 Å². The predicted molar refractivity (Wildman–Crippen MR) is 57.5 cm³/mol. The standard InChI is InChI=1S/C10H15NO3S/c11-8(12)10(9(13)14)4-1-2-7-6(10)3-5-15-7/h6-7H,1-5H2,(H2,11,12)(H,13,14). The van der Waals surface area contributed by atoms with Crippen molar-refractivity contribution < 1.29 is 14.7 Å². The van der Waals surface area contributed by atoms with E-state index in [-0.39, 0.29) is 5.92 Å². The molecule has 2 aliphatic rings. The summed E-state index contributed by atoms with van der Waals surface area (Å²) in [6.07, 6.45) is 3.05. The van der Waals surface area contributed by atoms with E-state index >= 15 is 0 Å². The lowest BCUT2D eigenvalue weighted by Crippen LogP contribution is -2.53. The minimum absolute atomic E-state index is 0.0498. The highest BCUT2D eigenvalue weighted by Crippen LogP contribution is 2.51. The smallest absolute Gasteiger partial charge is 0.319 e. The van der Waals surface area contributed by atoms with Gasteiger partial charge in [0.15, 0.2) is 0 Å². The van der Waals surface area contributed by atoms with Crippen LogP contribution >= 0.6 is 11.8 Å². The van der Waals surface area contributed by atoms with Crippen LogP contribution in [0.15, 0.2) is 0 Å². The van der Waals surface area contributed by atoms with Crippen molar-refractivity contribution >= 4 is 23.6 Å². The number of hydrogen-bond donors (Lipinski definition) is 2. The highest BCUT2D eigenvalue weighted by molar-refractivity contribution is 8.00. The molecule has 2 rings (SSSR count). The summed E-state index contributed by atoms with van der Waals surface area (Å²) in [5.74, 6) is -0.761. The van der Waals surface area contributed by atoms with Gasteiger partial charge in [-0.05, 0) is 30.9 Å². The van der Waals surface area contributed by atoms with Crippen LogP contribution in [0.2, 0.25) is 0 Å². The molecule has 4 nitrogen and oxygen atoms in total. The molecule has 84 valence electrons. The van der Waals surface area contributed by atoms with Crippen LogP contribution in [0.5, 0.6) is 0 Å². The van der Waals surface area contributed by atoms with Crippen LogP contribution in [-0.2, 0) is 9.59 Å². The molecular formula is C10H15NO3S. The lowest BCUT2D eigenvalue weighted by atomic mass is 9.64. The topological polar surface area (TPSA) is 80.4 Å². The number of nitrogens with two attached hydrogens (primary N) is 1. The SMILES string of the molecule is NC(=O)C1(C(=O)O)CCCC2SCCC21. The molecule has 0 spiro atoms. The van der Waals surface area contributed by atoms with E-state index in [1.807, 2.05) is 0 Å². The molecular weight excluding hydrogens is 214 g/mol. The average molecular weight is 229 g/mol. The van der Waals surface area contributed by atoms with Crippen LogP contribution < -0.4 is 5.73 Å². The van der Waals surface area contributed by atoms with Gasteiger partial charge in [-0.1, -0.05) is 6.42 Å². The molecule has 0 aromatic carbocycles. The summed E-state index contributed by atoms with van der Waals surface area (Å²) in [4.78, 5) is 22.8. The summed E-state index contributed by atoms with van der Waals surface area (Å²) in [6.45, 7) is 0. The second kappa shape index (κ2) is 3.70. The lowest BCUT2D eigenvalue weighted by molar-refractivity contribution is -0.161. The summed E-state index contributed by atoms with van der Waals surface area (Å²) in [5, 5.41) is 9.62. The Morgan fingerprint density at radius 3 is 2.73 bits per heavy atom. The van der Waals surface area contributed by atoms with Crippen molar-refractivity contribution in [1.29, 1.82) is 0 Å². The minimum Gasteiger partial charge on any atom is -0.480 e. The largest absolute Gasteiger partial charge is 0.480 e. The zero-order chi connectivity index (χ0) is 11.1. The Kier molecular flexibility index (Phi) is 2.66. The number of primary amides is 1. The molecule has 0 bridgehead atoms. The van der Waals surface area contributed by atoms with Gasteiger partial charge in [-0.3, -0.25) is 9.59 Å². The van der Waals surface area contributed by atoms with Crippen LogP contribution in [0.1, 0.15) is 25.7 Å². The van der Waals surface area contributed by atoms with Gasteiger partial charge in [-0.25, -0.2) is 0 Å². The molecule has 2 fully saturated rings. The Balaban J connectivity index is 2.37. The summed E-state index contributed by atoms with van der Waals surface area (Å²) < 4.78 is 0. The van der Waals surface area contributed by atoms with E-state index < -0.39 is 17.3 Å². The molecule has 1 aliphatic heterocycles. The van der Waals surface area contributed by atoms with Crippen molar-refractivity contribution in [2.24, 2.45) is 17.1 Å².